The smallest absolute Gasteiger partial charge is 0.0124 e. The van der Waals surface area contributed by atoms with Crippen LogP contribution >= 0.6 is 0 Å². The molecule has 0 aromatic carbocycles. The molecule has 0 aromatic rings. The minimum absolute atomic E-state index is 0.821. The molecule has 0 aromatic heterocycles. The molecule has 0 saturated heterocycles. The largest absolute Gasteiger partial charge is 0.314 e. The summed E-state index contributed by atoms with van der Waals surface area (Å²) in [4.78, 5) is 0. The van der Waals surface area contributed by atoms with E-state index in [9.17, 15) is 0 Å². The summed E-state index contributed by atoms with van der Waals surface area (Å²) in [5.74, 6) is 3.91. The first-order valence-corrected chi connectivity index (χ1v) is 8.97. The summed E-state index contributed by atoms with van der Waals surface area (Å²) in [5.41, 5.74) is 0. The molecule has 2 fully saturated rings. The molecule has 0 radical (unpaired) electrons. The van der Waals surface area contributed by atoms with Gasteiger partial charge in [-0.25, -0.2) is 0 Å². The molecule has 0 amide bonds. The number of hydrogen-bond donors (Lipinski definition) is 1. The molecule has 5 unspecified atom stereocenters. The van der Waals surface area contributed by atoms with Crippen molar-refractivity contribution < 1.29 is 0 Å². The van der Waals surface area contributed by atoms with E-state index in [2.05, 4.69) is 26.1 Å². The second kappa shape index (κ2) is 7.67. The first-order valence-electron chi connectivity index (χ1n) is 8.97. The van der Waals surface area contributed by atoms with Gasteiger partial charge in [0.2, 0.25) is 0 Å². The highest BCUT2D eigenvalue weighted by atomic mass is 14.9. The highest BCUT2D eigenvalue weighted by Crippen LogP contribution is 2.39. The molecule has 0 bridgehead atoms. The molecule has 0 heterocycles. The van der Waals surface area contributed by atoms with Gasteiger partial charge >= 0.3 is 0 Å². The van der Waals surface area contributed by atoms with Gasteiger partial charge in [0.25, 0.3) is 0 Å². The molecule has 2 saturated carbocycles. The van der Waals surface area contributed by atoms with Crippen LogP contribution in [0.1, 0.15) is 78.6 Å². The molecule has 0 aliphatic heterocycles. The van der Waals surface area contributed by atoms with E-state index < -0.39 is 0 Å². The maximum absolute atomic E-state index is 3.89. The SMILES string of the molecule is CCNC(C1CCCC(C)C1)C1CCCC(CC)C1. The molecule has 2 aliphatic carbocycles. The van der Waals surface area contributed by atoms with Crippen molar-refractivity contribution >= 4 is 0 Å². The fourth-order valence-corrected chi connectivity index (χ4v) is 4.79. The summed E-state index contributed by atoms with van der Waals surface area (Å²) < 4.78 is 0. The fraction of sp³-hybridized carbons (Fsp3) is 1.00. The highest BCUT2D eigenvalue weighted by molar-refractivity contribution is 4.89. The maximum Gasteiger partial charge on any atom is 0.0124 e. The van der Waals surface area contributed by atoms with Crippen molar-refractivity contribution in [3.05, 3.63) is 0 Å². The van der Waals surface area contributed by atoms with Gasteiger partial charge in [0.1, 0.15) is 0 Å². The Kier molecular flexibility index (Phi) is 6.19. The van der Waals surface area contributed by atoms with Crippen molar-refractivity contribution in [3.8, 4) is 0 Å². The van der Waals surface area contributed by atoms with Crippen LogP contribution in [0.5, 0.6) is 0 Å². The predicted molar refractivity (Wildman–Crippen MR) is 84.3 cm³/mol. The predicted octanol–water partition coefficient (Wildman–Crippen LogP) is 5.01. The van der Waals surface area contributed by atoms with Crippen molar-refractivity contribution in [3.63, 3.8) is 0 Å². The van der Waals surface area contributed by atoms with E-state index in [0.29, 0.717) is 0 Å². The second-order valence-electron chi connectivity index (χ2n) is 7.32. The Balaban J connectivity index is 1.97. The van der Waals surface area contributed by atoms with Crippen LogP contribution in [-0.2, 0) is 0 Å². The van der Waals surface area contributed by atoms with Gasteiger partial charge in [-0.3, -0.25) is 0 Å². The average Bonchev–Trinajstić information content (AvgIpc) is 2.45. The first-order chi connectivity index (χ1) is 9.24. The topological polar surface area (TPSA) is 12.0 Å². The Morgan fingerprint density at radius 2 is 1.63 bits per heavy atom. The quantitative estimate of drug-likeness (QED) is 0.737. The minimum atomic E-state index is 0.821. The minimum Gasteiger partial charge on any atom is -0.314 e. The van der Waals surface area contributed by atoms with E-state index in [4.69, 9.17) is 0 Å². The fourth-order valence-electron chi connectivity index (χ4n) is 4.79. The summed E-state index contributed by atoms with van der Waals surface area (Å²) in [6.07, 6.45) is 13.3. The Labute approximate surface area is 120 Å². The Morgan fingerprint density at radius 3 is 2.26 bits per heavy atom. The van der Waals surface area contributed by atoms with E-state index in [-0.39, 0.29) is 0 Å². The lowest BCUT2D eigenvalue weighted by atomic mass is 9.69. The van der Waals surface area contributed by atoms with Gasteiger partial charge in [0.05, 0.1) is 0 Å². The first kappa shape index (κ1) is 15.4. The van der Waals surface area contributed by atoms with Crippen molar-refractivity contribution in [2.75, 3.05) is 6.54 Å². The number of rotatable bonds is 5. The zero-order valence-corrected chi connectivity index (χ0v) is 13.5. The van der Waals surface area contributed by atoms with Gasteiger partial charge < -0.3 is 5.32 Å². The van der Waals surface area contributed by atoms with E-state index in [0.717, 1.165) is 36.3 Å². The van der Waals surface area contributed by atoms with Crippen molar-refractivity contribution in [1.82, 2.24) is 5.32 Å². The third-order valence-corrected chi connectivity index (χ3v) is 5.83. The highest BCUT2D eigenvalue weighted by Gasteiger charge is 2.34. The van der Waals surface area contributed by atoms with Gasteiger partial charge in [-0.05, 0) is 55.9 Å². The summed E-state index contributed by atoms with van der Waals surface area (Å²) in [6.45, 7) is 8.30. The molecule has 0 spiro atoms. The molecular formula is C18H35N. The van der Waals surface area contributed by atoms with Crippen LogP contribution < -0.4 is 5.32 Å². The van der Waals surface area contributed by atoms with Gasteiger partial charge in [-0.15, -0.1) is 0 Å². The summed E-state index contributed by atoms with van der Waals surface area (Å²) in [5, 5.41) is 3.89. The summed E-state index contributed by atoms with van der Waals surface area (Å²) >= 11 is 0. The molecule has 1 N–H and O–H groups in total. The van der Waals surface area contributed by atoms with E-state index >= 15 is 0 Å². The zero-order valence-electron chi connectivity index (χ0n) is 13.5. The molecular weight excluding hydrogens is 230 g/mol. The lowest BCUT2D eigenvalue weighted by Gasteiger charge is -2.41. The van der Waals surface area contributed by atoms with Crippen molar-refractivity contribution in [1.29, 1.82) is 0 Å². The molecule has 19 heavy (non-hydrogen) atoms. The van der Waals surface area contributed by atoms with Gasteiger partial charge in [0, 0.05) is 6.04 Å². The Hall–Kier alpha value is -0.0400. The standard InChI is InChI=1S/C18H35N/c1-4-15-9-7-11-17(13-15)18(19-5-2)16-10-6-8-14(3)12-16/h14-19H,4-13H2,1-3H3. The molecule has 112 valence electrons. The van der Waals surface area contributed by atoms with Gasteiger partial charge in [-0.1, -0.05) is 52.9 Å². The molecule has 2 aliphatic rings. The van der Waals surface area contributed by atoms with Crippen LogP contribution in [0.4, 0.5) is 0 Å². The van der Waals surface area contributed by atoms with E-state index in [1.807, 2.05) is 0 Å². The molecule has 5 atom stereocenters. The lowest BCUT2D eigenvalue weighted by Crippen LogP contribution is -2.45. The normalized spacial score (nSPS) is 38.1. The molecule has 1 heteroatoms. The van der Waals surface area contributed by atoms with Crippen LogP contribution in [0.2, 0.25) is 0 Å². The van der Waals surface area contributed by atoms with Gasteiger partial charge in [0.15, 0.2) is 0 Å². The van der Waals surface area contributed by atoms with Gasteiger partial charge in [-0.2, -0.15) is 0 Å². The van der Waals surface area contributed by atoms with Crippen LogP contribution in [0.15, 0.2) is 0 Å². The average molecular weight is 265 g/mol. The second-order valence-corrected chi connectivity index (χ2v) is 7.32. The van der Waals surface area contributed by atoms with Crippen LogP contribution in [0, 0.1) is 23.7 Å². The van der Waals surface area contributed by atoms with E-state index in [1.165, 1.54) is 57.8 Å². The number of hydrogen-bond acceptors (Lipinski definition) is 1. The van der Waals surface area contributed by atoms with Crippen LogP contribution in [-0.4, -0.2) is 12.6 Å². The summed E-state index contributed by atoms with van der Waals surface area (Å²) in [7, 11) is 0. The van der Waals surface area contributed by atoms with Crippen molar-refractivity contribution in [2.24, 2.45) is 23.7 Å². The monoisotopic (exact) mass is 265 g/mol. The third-order valence-electron chi connectivity index (χ3n) is 5.83. The van der Waals surface area contributed by atoms with Crippen molar-refractivity contribution in [2.45, 2.75) is 84.6 Å². The Morgan fingerprint density at radius 1 is 0.947 bits per heavy atom. The Bertz CT molecular complexity index is 250. The number of nitrogens with one attached hydrogen (secondary N) is 1. The van der Waals surface area contributed by atoms with Crippen LogP contribution in [0.3, 0.4) is 0 Å². The third kappa shape index (κ3) is 4.21. The summed E-state index contributed by atoms with van der Waals surface area (Å²) in [6, 6.07) is 0.821. The van der Waals surface area contributed by atoms with Crippen LogP contribution in [0.25, 0.3) is 0 Å². The molecule has 1 nitrogen and oxygen atoms in total. The maximum atomic E-state index is 3.89. The zero-order chi connectivity index (χ0) is 13.7. The van der Waals surface area contributed by atoms with E-state index in [1.54, 1.807) is 0 Å². The lowest BCUT2D eigenvalue weighted by molar-refractivity contribution is 0.131. The molecule has 2 rings (SSSR count).